The lowest BCUT2D eigenvalue weighted by Crippen LogP contribution is -2.36. The molecule has 0 aliphatic carbocycles. The molecule has 0 bridgehead atoms. The van der Waals surface area contributed by atoms with Gasteiger partial charge < -0.3 is 25.9 Å². The molecule has 1 atom stereocenters. The summed E-state index contributed by atoms with van der Waals surface area (Å²) < 4.78 is 5.28. The van der Waals surface area contributed by atoms with Gasteiger partial charge in [0.1, 0.15) is 11.3 Å². The molecule has 0 radical (unpaired) electrons. The quantitative estimate of drug-likeness (QED) is 0.581. The number of aliphatic carboxylic acids is 1. The zero-order chi connectivity index (χ0) is 19.0. The van der Waals surface area contributed by atoms with Crippen molar-refractivity contribution >= 4 is 17.8 Å². The SMILES string of the molecule is CC(=O)O.Cc1cc(C2CCCNC2)oc(=O)c1C(=O)NCC(N)=O. The number of nitrogens with two attached hydrogens (primary N) is 1. The average molecular weight is 353 g/mol. The van der Waals surface area contributed by atoms with Crippen LogP contribution in [0.4, 0.5) is 0 Å². The molecule has 25 heavy (non-hydrogen) atoms. The molecule has 1 aromatic rings. The third-order valence-corrected chi connectivity index (χ3v) is 3.52. The van der Waals surface area contributed by atoms with Crippen molar-refractivity contribution in [2.24, 2.45) is 5.73 Å². The Bertz CT molecular complexity index is 688. The summed E-state index contributed by atoms with van der Waals surface area (Å²) >= 11 is 0. The second kappa shape index (κ2) is 9.58. The lowest BCUT2D eigenvalue weighted by atomic mass is 9.95. The lowest BCUT2D eigenvalue weighted by molar-refractivity contribution is -0.134. The van der Waals surface area contributed by atoms with Crippen LogP contribution in [-0.2, 0) is 9.59 Å². The van der Waals surface area contributed by atoms with Crippen LogP contribution in [0.3, 0.4) is 0 Å². The highest BCUT2D eigenvalue weighted by molar-refractivity contribution is 5.97. The molecule has 1 aliphatic rings. The fourth-order valence-electron chi connectivity index (χ4n) is 2.46. The van der Waals surface area contributed by atoms with Crippen molar-refractivity contribution in [3.8, 4) is 0 Å². The molecule has 0 saturated carbocycles. The molecule has 2 rings (SSSR count). The Morgan fingerprint density at radius 3 is 2.56 bits per heavy atom. The van der Waals surface area contributed by atoms with E-state index in [-0.39, 0.29) is 18.0 Å². The number of hydrogen-bond acceptors (Lipinski definition) is 6. The summed E-state index contributed by atoms with van der Waals surface area (Å²) in [5, 5.41) is 13.0. The second-order valence-electron chi connectivity index (χ2n) is 5.71. The summed E-state index contributed by atoms with van der Waals surface area (Å²) in [7, 11) is 0. The Balaban J connectivity index is 0.000000705. The number of piperidine rings is 1. The van der Waals surface area contributed by atoms with Gasteiger partial charge in [-0.25, -0.2) is 4.79 Å². The van der Waals surface area contributed by atoms with Gasteiger partial charge in [-0.1, -0.05) is 0 Å². The molecule has 138 valence electrons. The minimum atomic E-state index is -0.833. The summed E-state index contributed by atoms with van der Waals surface area (Å²) in [6.45, 7) is 4.17. The number of carbonyl (C=O) groups is 3. The van der Waals surface area contributed by atoms with Crippen LogP contribution in [-0.4, -0.2) is 42.5 Å². The molecule has 1 aromatic heterocycles. The molecule has 9 nitrogen and oxygen atoms in total. The Morgan fingerprint density at radius 2 is 2.08 bits per heavy atom. The summed E-state index contributed by atoms with van der Waals surface area (Å²) in [5.74, 6) is -1.41. The average Bonchev–Trinajstić information content (AvgIpc) is 2.52. The standard InChI is InChI=1S/C14H19N3O4.C2H4O2/c1-8-5-10(9-3-2-4-16-6-9)21-14(20)12(8)13(19)17-7-11(15)18;1-2(3)4/h5,9,16H,2-4,6-7H2,1H3,(H2,15,18)(H,17,19);1H3,(H,3,4). The number of carboxylic acids is 1. The Labute approximate surface area is 144 Å². The van der Waals surface area contributed by atoms with Crippen molar-refractivity contribution in [2.45, 2.75) is 32.6 Å². The van der Waals surface area contributed by atoms with Crippen molar-refractivity contribution in [1.82, 2.24) is 10.6 Å². The maximum absolute atomic E-state index is 12.0. The normalized spacial score (nSPS) is 16.3. The predicted octanol–water partition coefficient (Wildman–Crippen LogP) is -0.279. The highest BCUT2D eigenvalue weighted by Crippen LogP contribution is 2.23. The van der Waals surface area contributed by atoms with Crippen LogP contribution in [0.5, 0.6) is 0 Å². The second-order valence-corrected chi connectivity index (χ2v) is 5.71. The van der Waals surface area contributed by atoms with Crippen molar-refractivity contribution in [2.75, 3.05) is 19.6 Å². The minimum absolute atomic E-state index is 0.0798. The van der Waals surface area contributed by atoms with E-state index in [2.05, 4.69) is 10.6 Å². The highest BCUT2D eigenvalue weighted by atomic mass is 16.4. The van der Waals surface area contributed by atoms with E-state index in [0.717, 1.165) is 32.9 Å². The van der Waals surface area contributed by atoms with Crippen LogP contribution in [0.1, 0.15) is 47.4 Å². The van der Waals surface area contributed by atoms with E-state index in [1.165, 1.54) is 0 Å². The molecule has 1 saturated heterocycles. The molecule has 9 heteroatoms. The van der Waals surface area contributed by atoms with Crippen LogP contribution in [0, 0.1) is 6.92 Å². The van der Waals surface area contributed by atoms with Gasteiger partial charge in [-0.3, -0.25) is 14.4 Å². The third kappa shape index (κ3) is 6.76. The van der Waals surface area contributed by atoms with E-state index < -0.39 is 23.4 Å². The Kier molecular flexibility index (Phi) is 7.80. The van der Waals surface area contributed by atoms with Gasteiger partial charge in [0, 0.05) is 19.4 Å². The smallest absolute Gasteiger partial charge is 0.349 e. The first kappa shape index (κ1) is 20.4. The highest BCUT2D eigenvalue weighted by Gasteiger charge is 2.22. The maximum Gasteiger partial charge on any atom is 0.349 e. The van der Waals surface area contributed by atoms with Crippen molar-refractivity contribution in [1.29, 1.82) is 0 Å². The Morgan fingerprint density at radius 1 is 1.44 bits per heavy atom. The number of carbonyl (C=O) groups excluding carboxylic acids is 2. The Hall–Kier alpha value is -2.68. The van der Waals surface area contributed by atoms with Gasteiger partial charge in [-0.2, -0.15) is 0 Å². The van der Waals surface area contributed by atoms with Crippen molar-refractivity contribution in [3.63, 3.8) is 0 Å². The molecular formula is C16H23N3O6. The molecule has 0 aromatic carbocycles. The summed E-state index contributed by atoms with van der Waals surface area (Å²) in [4.78, 5) is 43.6. The molecule has 0 spiro atoms. The van der Waals surface area contributed by atoms with Gasteiger partial charge in [-0.05, 0) is 37.9 Å². The zero-order valence-electron chi connectivity index (χ0n) is 14.3. The molecular weight excluding hydrogens is 330 g/mol. The van der Waals surface area contributed by atoms with Gasteiger partial charge in [0.25, 0.3) is 11.9 Å². The van der Waals surface area contributed by atoms with Crippen molar-refractivity contribution in [3.05, 3.63) is 33.4 Å². The molecule has 2 heterocycles. The number of carboxylic acid groups (broad SMARTS) is 1. The summed E-state index contributed by atoms with van der Waals surface area (Å²) in [6.07, 6.45) is 1.97. The van der Waals surface area contributed by atoms with E-state index in [1.54, 1.807) is 13.0 Å². The van der Waals surface area contributed by atoms with E-state index in [1.807, 2.05) is 0 Å². The molecule has 5 N–H and O–H groups in total. The predicted molar refractivity (Wildman–Crippen MR) is 89.4 cm³/mol. The van der Waals surface area contributed by atoms with Crippen LogP contribution in [0.25, 0.3) is 0 Å². The monoisotopic (exact) mass is 353 g/mol. The summed E-state index contributed by atoms with van der Waals surface area (Å²) in [5.41, 5.74) is 4.73. The van der Waals surface area contributed by atoms with E-state index >= 15 is 0 Å². The van der Waals surface area contributed by atoms with E-state index in [4.69, 9.17) is 20.1 Å². The molecule has 1 fully saturated rings. The first-order valence-corrected chi connectivity index (χ1v) is 7.83. The van der Waals surface area contributed by atoms with Crippen molar-refractivity contribution < 1.29 is 23.9 Å². The van der Waals surface area contributed by atoms with E-state index in [9.17, 15) is 14.4 Å². The summed E-state index contributed by atoms with van der Waals surface area (Å²) in [6, 6.07) is 1.72. The van der Waals surface area contributed by atoms with Crippen LogP contribution in [0.2, 0.25) is 0 Å². The van der Waals surface area contributed by atoms with Gasteiger partial charge >= 0.3 is 5.63 Å². The first-order chi connectivity index (χ1) is 11.7. The zero-order valence-corrected chi connectivity index (χ0v) is 14.3. The van der Waals surface area contributed by atoms with Crippen LogP contribution < -0.4 is 22.0 Å². The number of primary amides is 1. The molecule has 1 unspecified atom stereocenters. The number of aryl methyl sites for hydroxylation is 1. The van der Waals surface area contributed by atoms with Gasteiger partial charge in [-0.15, -0.1) is 0 Å². The van der Waals surface area contributed by atoms with Gasteiger partial charge in [0.2, 0.25) is 5.91 Å². The molecule has 1 aliphatic heterocycles. The van der Waals surface area contributed by atoms with E-state index in [0.29, 0.717) is 11.3 Å². The fraction of sp³-hybridized carbons (Fsp3) is 0.500. The minimum Gasteiger partial charge on any atom is -0.481 e. The van der Waals surface area contributed by atoms with Crippen LogP contribution >= 0.6 is 0 Å². The largest absolute Gasteiger partial charge is 0.481 e. The topological polar surface area (TPSA) is 152 Å². The first-order valence-electron chi connectivity index (χ1n) is 7.83. The fourth-order valence-corrected chi connectivity index (χ4v) is 2.46. The number of nitrogens with one attached hydrogen (secondary N) is 2. The number of amides is 2. The number of rotatable bonds is 4. The third-order valence-electron chi connectivity index (χ3n) is 3.52. The molecule has 2 amide bonds. The van der Waals surface area contributed by atoms with Gasteiger partial charge in [0.05, 0.1) is 6.54 Å². The van der Waals surface area contributed by atoms with Crippen LogP contribution in [0.15, 0.2) is 15.3 Å². The number of hydrogen-bond donors (Lipinski definition) is 4. The maximum atomic E-state index is 12.0. The van der Waals surface area contributed by atoms with Gasteiger partial charge in [0.15, 0.2) is 0 Å². The lowest BCUT2D eigenvalue weighted by Gasteiger charge is -2.22.